The number of benzene rings is 2. The number of nitrogens with zero attached hydrogens (tertiary/aromatic N) is 3. The van der Waals surface area contributed by atoms with Crippen molar-refractivity contribution >= 4 is 34.7 Å². The van der Waals surface area contributed by atoms with Gasteiger partial charge in [-0.1, -0.05) is 60.3 Å². The number of nitrogens with one attached hydrogen (secondary N) is 1. The van der Waals surface area contributed by atoms with Crippen LogP contribution in [0, 0.1) is 6.92 Å². The van der Waals surface area contributed by atoms with E-state index in [9.17, 15) is 4.79 Å². The second-order valence-corrected chi connectivity index (χ2v) is 9.23. The van der Waals surface area contributed by atoms with Crippen molar-refractivity contribution in [2.24, 2.45) is 0 Å². The normalized spacial score (nSPS) is 11.9. The summed E-state index contributed by atoms with van der Waals surface area (Å²) in [5.74, 6) is 0.764. The zero-order valence-corrected chi connectivity index (χ0v) is 18.4. The summed E-state index contributed by atoms with van der Waals surface area (Å²) < 4.78 is 2.09. The molecule has 0 aliphatic rings. The third kappa shape index (κ3) is 4.80. The van der Waals surface area contributed by atoms with E-state index in [1.807, 2.05) is 73.8 Å². The zero-order chi connectivity index (χ0) is 20.9. The molecule has 1 unspecified atom stereocenters. The molecule has 0 fully saturated rings. The van der Waals surface area contributed by atoms with Gasteiger partial charge in [-0.3, -0.25) is 9.36 Å². The molecular formula is C23H22N4OS2. The maximum absolute atomic E-state index is 12.7. The van der Waals surface area contributed by atoms with Gasteiger partial charge in [0.2, 0.25) is 5.91 Å². The Kier molecular flexibility index (Phi) is 6.30. The van der Waals surface area contributed by atoms with Crippen molar-refractivity contribution in [1.29, 1.82) is 0 Å². The minimum Gasteiger partial charge on any atom is -0.325 e. The highest BCUT2D eigenvalue weighted by Gasteiger charge is 2.21. The molecule has 2 aromatic carbocycles. The Hall–Kier alpha value is -2.90. The van der Waals surface area contributed by atoms with Crippen LogP contribution < -0.4 is 5.32 Å². The van der Waals surface area contributed by atoms with Gasteiger partial charge < -0.3 is 5.32 Å². The Morgan fingerprint density at radius 2 is 1.93 bits per heavy atom. The van der Waals surface area contributed by atoms with Gasteiger partial charge in [0, 0.05) is 5.69 Å². The molecule has 2 heterocycles. The van der Waals surface area contributed by atoms with Gasteiger partial charge in [0.25, 0.3) is 0 Å². The van der Waals surface area contributed by atoms with Crippen LogP contribution in [0.2, 0.25) is 0 Å². The van der Waals surface area contributed by atoms with Crippen molar-refractivity contribution in [1.82, 2.24) is 14.8 Å². The molecule has 5 nitrogen and oxygen atoms in total. The summed E-state index contributed by atoms with van der Waals surface area (Å²) in [5.41, 5.74) is 3.07. The first-order valence-corrected chi connectivity index (χ1v) is 11.4. The molecular weight excluding hydrogens is 412 g/mol. The van der Waals surface area contributed by atoms with Gasteiger partial charge in [-0.15, -0.1) is 21.5 Å². The van der Waals surface area contributed by atoms with Crippen LogP contribution in [-0.2, 0) is 11.3 Å². The van der Waals surface area contributed by atoms with Gasteiger partial charge in [0.1, 0.15) is 0 Å². The number of aromatic nitrogens is 3. The summed E-state index contributed by atoms with van der Waals surface area (Å²) in [6, 6.07) is 22.1. The number of carbonyl (C=O) groups excluding carboxylic acids is 1. The van der Waals surface area contributed by atoms with Crippen LogP contribution in [0.5, 0.6) is 0 Å². The fourth-order valence-corrected chi connectivity index (χ4v) is 4.62. The van der Waals surface area contributed by atoms with Crippen molar-refractivity contribution in [2.45, 2.75) is 30.8 Å². The fraction of sp³-hybridized carbons (Fsp3) is 0.174. The van der Waals surface area contributed by atoms with E-state index in [4.69, 9.17) is 0 Å². The lowest BCUT2D eigenvalue weighted by atomic mass is 10.2. The average molecular weight is 435 g/mol. The molecule has 4 aromatic rings. The summed E-state index contributed by atoms with van der Waals surface area (Å²) in [7, 11) is 0. The van der Waals surface area contributed by atoms with Crippen LogP contribution in [0.1, 0.15) is 18.1 Å². The van der Waals surface area contributed by atoms with Crippen molar-refractivity contribution in [3.63, 3.8) is 0 Å². The van der Waals surface area contributed by atoms with Crippen LogP contribution in [0.3, 0.4) is 0 Å². The molecule has 0 radical (unpaired) electrons. The lowest BCUT2D eigenvalue weighted by molar-refractivity contribution is -0.115. The third-order valence-corrected chi connectivity index (χ3v) is 6.53. The van der Waals surface area contributed by atoms with E-state index in [0.29, 0.717) is 6.54 Å². The van der Waals surface area contributed by atoms with E-state index in [0.717, 1.165) is 32.7 Å². The molecule has 0 saturated carbocycles. The first kappa shape index (κ1) is 20.4. The van der Waals surface area contributed by atoms with E-state index in [1.54, 1.807) is 11.3 Å². The first-order chi connectivity index (χ1) is 14.6. The summed E-state index contributed by atoms with van der Waals surface area (Å²) in [5, 5.41) is 14.3. The van der Waals surface area contributed by atoms with E-state index in [-0.39, 0.29) is 11.2 Å². The largest absolute Gasteiger partial charge is 0.325 e. The maximum atomic E-state index is 12.7. The quantitative estimate of drug-likeness (QED) is 0.391. The Morgan fingerprint density at radius 3 is 2.67 bits per heavy atom. The lowest BCUT2D eigenvalue weighted by Crippen LogP contribution is -2.23. The number of hydrogen-bond donors (Lipinski definition) is 1. The Labute approximate surface area is 184 Å². The molecule has 2 aromatic heterocycles. The smallest absolute Gasteiger partial charge is 0.237 e. The molecule has 30 heavy (non-hydrogen) atoms. The van der Waals surface area contributed by atoms with Crippen molar-refractivity contribution in [3.8, 4) is 10.7 Å². The highest BCUT2D eigenvalue weighted by Crippen LogP contribution is 2.30. The summed E-state index contributed by atoms with van der Waals surface area (Å²) in [6.45, 7) is 4.55. The summed E-state index contributed by atoms with van der Waals surface area (Å²) in [4.78, 5) is 13.8. The molecule has 0 saturated heterocycles. The number of carbonyl (C=O) groups is 1. The predicted octanol–water partition coefficient (Wildman–Crippen LogP) is 5.48. The zero-order valence-electron chi connectivity index (χ0n) is 16.8. The summed E-state index contributed by atoms with van der Waals surface area (Å²) >= 11 is 3.05. The second-order valence-electron chi connectivity index (χ2n) is 6.97. The number of thioether (sulfide) groups is 1. The highest BCUT2D eigenvalue weighted by molar-refractivity contribution is 8.00. The van der Waals surface area contributed by atoms with Gasteiger partial charge in [0.15, 0.2) is 11.0 Å². The Bertz CT molecular complexity index is 1120. The minimum atomic E-state index is -0.319. The van der Waals surface area contributed by atoms with Crippen LogP contribution in [0.25, 0.3) is 10.7 Å². The van der Waals surface area contributed by atoms with Gasteiger partial charge in [-0.25, -0.2) is 0 Å². The number of anilines is 1. The van der Waals surface area contributed by atoms with E-state index < -0.39 is 0 Å². The molecule has 152 valence electrons. The molecule has 0 bridgehead atoms. The van der Waals surface area contributed by atoms with Gasteiger partial charge >= 0.3 is 0 Å². The second kappa shape index (κ2) is 9.28. The number of thiophene rings is 1. The molecule has 0 spiro atoms. The standard InChI is InChI=1S/C23H22N4OS2/c1-16-8-6-11-19(14-16)24-22(28)17(2)30-23-26-25-21(20-12-7-13-29-20)27(23)15-18-9-4-3-5-10-18/h3-14,17H,15H2,1-2H3,(H,24,28). The van der Waals surface area contributed by atoms with Crippen LogP contribution in [0.15, 0.2) is 77.3 Å². The van der Waals surface area contributed by atoms with E-state index in [2.05, 4.69) is 32.2 Å². The lowest BCUT2D eigenvalue weighted by Gasteiger charge is -2.14. The molecule has 4 rings (SSSR count). The number of amides is 1. The van der Waals surface area contributed by atoms with Gasteiger partial charge in [-0.05, 0) is 48.6 Å². The summed E-state index contributed by atoms with van der Waals surface area (Å²) in [6.07, 6.45) is 0. The fourth-order valence-electron chi connectivity index (χ4n) is 3.05. The van der Waals surface area contributed by atoms with E-state index >= 15 is 0 Å². The minimum absolute atomic E-state index is 0.0578. The Balaban J connectivity index is 1.56. The van der Waals surface area contributed by atoms with Crippen molar-refractivity contribution < 1.29 is 4.79 Å². The predicted molar refractivity (Wildman–Crippen MR) is 124 cm³/mol. The van der Waals surface area contributed by atoms with Crippen LogP contribution >= 0.6 is 23.1 Å². The number of hydrogen-bond acceptors (Lipinski definition) is 5. The Morgan fingerprint density at radius 1 is 1.10 bits per heavy atom. The number of rotatable bonds is 7. The monoisotopic (exact) mass is 434 g/mol. The molecule has 1 atom stereocenters. The highest BCUT2D eigenvalue weighted by atomic mass is 32.2. The van der Waals surface area contributed by atoms with Gasteiger partial charge in [-0.2, -0.15) is 0 Å². The SMILES string of the molecule is Cc1cccc(NC(=O)C(C)Sc2nnc(-c3cccs3)n2Cc2ccccc2)c1. The molecule has 7 heteroatoms. The van der Waals surface area contributed by atoms with Crippen LogP contribution in [0.4, 0.5) is 5.69 Å². The molecule has 1 amide bonds. The van der Waals surface area contributed by atoms with Crippen LogP contribution in [-0.4, -0.2) is 25.9 Å². The van der Waals surface area contributed by atoms with E-state index in [1.165, 1.54) is 11.8 Å². The molecule has 1 N–H and O–H groups in total. The first-order valence-electron chi connectivity index (χ1n) is 9.65. The van der Waals surface area contributed by atoms with Crippen molar-refractivity contribution in [3.05, 3.63) is 83.2 Å². The molecule has 0 aliphatic carbocycles. The third-order valence-electron chi connectivity index (χ3n) is 4.58. The van der Waals surface area contributed by atoms with Crippen molar-refractivity contribution in [2.75, 3.05) is 5.32 Å². The maximum Gasteiger partial charge on any atom is 0.237 e. The number of aryl methyl sites for hydroxylation is 1. The molecule has 0 aliphatic heterocycles. The van der Waals surface area contributed by atoms with Gasteiger partial charge in [0.05, 0.1) is 16.7 Å². The average Bonchev–Trinajstić information content (AvgIpc) is 3.39. The topological polar surface area (TPSA) is 59.8 Å².